The van der Waals surface area contributed by atoms with Crippen LogP contribution in [0.25, 0.3) is 0 Å². The van der Waals surface area contributed by atoms with Crippen molar-refractivity contribution >= 4 is 47.7 Å². The van der Waals surface area contributed by atoms with Gasteiger partial charge < -0.3 is 5.11 Å². The van der Waals surface area contributed by atoms with E-state index in [1.165, 1.54) is 18.3 Å². The van der Waals surface area contributed by atoms with Crippen LogP contribution in [0.5, 0.6) is 0 Å². The van der Waals surface area contributed by atoms with Gasteiger partial charge in [0.05, 0.1) is 9.72 Å². The quantitative estimate of drug-likeness (QED) is 0.718. The van der Waals surface area contributed by atoms with Crippen molar-refractivity contribution in [2.75, 3.05) is 4.31 Å². The molecule has 1 aromatic heterocycles. The fourth-order valence-electron chi connectivity index (χ4n) is 2.32. The number of aliphatic hydroxyl groups is 1. The molecule has 22 heavy (non-hydrogen) atoms. The van der Waals surface area contributed by atoms with Crippen molar-refractivity contribution in [2.45, 2.75) is 22.9 Å². The predicted molar refractivity (Wildman–Crippen MR) is 90.5 cm³/mol. The molecule has 2 atom stereocenters. The number of hydrogen-bond acceptors (Lipinski definition) is 4. The van der Waals surface area contributed by atoms with Gasteiger partial charge in [0.1, 0.15) is 5.82 Å². The summed E-state index contributed by atoms with van der Waals surface area (Å²) in [6.45, 7) is 1.88. The maximum atomic E-state index is 12.8. The Morgan fingerprint density at radius 1 is 1.27 bits per heavy atom. The van der Waals surface area contributed by atoms with Gasteiger partial charge in [0.25, 0.3) is 10.0 Å². The molecule has 0 aliphatic carbocycles. The van der Waals surface area contributed by atoms with Crippen molar-refractivity contribution < 1.29 is 13.5 Å². The molecule has 0 amide bonds. The summed E-state index contributed by atoms with van der Waals surface area (Å²) in [7, 11) is -3.89. The van der Waals surface area contributed by atoms with Crippen LogP contribution >= 0.6 is 31.9 Å². The summed E-state index contributed by atoms with van der Waals surface area (Å²) >= 11 is 6.64. The van der Waals surface area contributed by atoms with Gasteiger partial charge in [0, 0.05) is 16.2 Å². The average Bonchev–Trinajstić information content (AvgIpc) is 2.72. The van der Waals surface area contributed by atoms with Gasteiger partial charge in [-0.05, 0) is 41.1 Å². The number of hydrogen-bond donors (Lipinski definition) is 1. The second kappa shape index (κ2) is 5.59. The summed E-state index contributed by atoms with van der Waals surface area (Å²) in [4.78, 5) is 3.75. The van der Waals surface area contributed by atoms with Crippen molar-refractivity contribution in [3.8, 4) is 0 Å². The van der Waals surface area contributed by atoms with Gasteiger partial charge in [-0.3, -0.25) is 0 Å². The molecule has 0 unspecified atom stereocenters. The molecule has 0 radical (unpaired) electrons. The fourth-order valence-corrected chi connectivity index (χ4v) is 4.89. The Bertz CT molecular complexity index is 824. The van der Waals surface area contributed by atoms with Crippen LogP contribution in [0.4, 0.5) is 5.82 Å². The van der Waals surface area contributed by atoms with Gasteiger partial charge in [0.15, 0.2) is 6.23 Å². The summed E-state index contributed by atoms with van der Waals surface area (Å²) in [5, 5.41) is 10.4. The number of sulfonamides is 1. The molecule has 116 valence electrons. The van der Waals surface area contributed by atoms with Crippen molar-refractivity contribution in [1.29, 1.82) is 0 Å². The number of aliphatic hydroxyl groups excluding tert-OH is 1. The number of alkyl halides is 1. The van der Waals surface area contributed by atoms with Crippen molar-refractivity contribution in [3.63, 3.8) is 0 Å². The normalized spacial score (nSPS) is 21.0. The van der Waals surface area contributed by atoms with Gasteiger partial charge >= 0.3 is 0 Å². The standard InChI is InChI=1S/C14H12Br2N2O3S/c1-8-2-4-10(5-3-8)22(20,21)18-13-11(12(16)14(18)19)6-9(15)7-17-13/h2-7,12,14,19H,1H3/t12-,14+/m0/s1. The molecule has 8 heteroatoms. The molecule has 2 heterocycles. The van der Waals surface area contributed by atoms with Crippen molar-refractivity contribution in [3.05, 3.63) is 52.1 Å². The van der Waals surface area contributed by atoms with E-state index < -0.39 is 21.1 Å². The van der Waals surface area contributed by atoms with Gasteiger partial charge in [0.2, 0.25) is 0 Å². The lowest BCUT2D eigenvalue weighted by molar-refractivity contribution is 0.194. The summed E-state index contributed by atoms with van der Waals surface area (Å²) < 4.78 is 27.4. The average molecular weight is 448 g/mol. The van der Waals surface area contributed by atoms with Gasteiger partial charge in [-0.1, -0.05) is 33.6 Å². The predicted octanol–water partition coefficient (Wildman–Crippen LogP) is 3.12. The Morgan fingerprint density at radius 2 is 1.91 bits per heavy atom. The number of aromatic nitrogens is 1. The van der Waals surface area contributed by atoms with Gasteiger partial charge in [-0.2, -0.15) is 0 Å². The molecule has 5 nitrogen and oxygen atoms in total. The third-order valence-electron chi connectivity index (χ3n) is 3.45. The maximum Gasteiger partial charge on any atom is 0.267 e. The summed E-state index contributed by atoms with van der Waals surface area (Å²) in [6.07, 6.45) is 0.261. The number of pyridine rings is 1. The number of benzene rings is 1. The minimum Gasteiger partial charge on any atom is -0.371 e. The van der Waals surface area contributed by atoms with E-state index in [4.69, 9.17) is 0 Å². The molecule has 0 saturated carbocycles. The highest BCUT2D eigenvalue weighted by Gasteiger charge is 2.44. The minimum atomic E-state index is -3.89. The molecule has 0 bridgehead atoms. The van der Waals surface area contributed by atoms with E-state index >= 15 is 0 Å². The van der Waals surface area contributed by atoms with E-state index in [9.17, 15) is 13.5 Å². The molecule has 0 spiro atoms. The van der Waals surface area contributed by atoms with E-state index in [0.717, 1.165) is 14.3 Å². The Balaban J connectivity index is 2.14. The highest BCUT2D eigenvalue weighted by molar-refractivity contribution is 9.10. The largest absolute Gasteiger partial charge is 0.371 e. The molecule has 0 saturated heterocycles. The van der Waals surface area contributed by atoms with E-state index in [1.54, 1.807) is 18.2 Å². The lowest BCUT2D eigenvalue weighted by Gasteiger charge is -2.23. The summed E-state index contributed by atoms with van der Waals surface area (Å²) in [5.41, 5.74) is 1.58. The molecular formula is C14H12Br2N2O3S. The number of aryl methyl sites for hydroxylation is 1. The third kappa shape index (κ3) is 2.47. The lowest BCUT2D eigenvalue weighted by Crippen LogP contribution is -2.38. The second-order valence-electron chi connectivity index (χ2n) is 5.00. The van der Waals surface area contributed by atoms with Crippen LogP contribution in [0.2, 0.25) is 0 Å². The van der Waals surface area contributed by atoms with E-state index in [-0.39, 0.29) is 10.7 Å². The molecule has 1 aromatic carbocycles. The van der Waals surface area contributed by atoms with Crippen molar-refractivity contribution in [2.24, 2.45) is 0 Å². The van der Waals surface area contributed by atoms with Crippen molar-refractivity contribution in [1.82, 2.24) is 4.98 Å². The van der Waals surface area contributed by atoms with E-state index in [1.807, 2.05) is 6.92 Å². The summed E-state index contributed by atoms with van der Waals surface area (Å²) in [6, 6.07) is 8.23. The van der Waals surface area contributed by atoms with Crippen LogP contribution in [0.1, 0.15) is 16.0 Å². The zero-order valence-corrected chi connectivity index (χ0v) is 15.4. The third-order valence-corrected chi connectivity index (χ3v) is 6.62. The first-order valence-corrected chi connectivity index (χ1v) is 9.56. The molecule has 1 aliphatic heterocycles. The fraction of sp³-hybridized carbons (Fsp3) is 0.214. The highest BCUT2D eigenvalue weighted by atomic mass is 79.9. The number of halogens is 2. The smallest absolute Gasteiger partial charge is 0.267 e. The molecular weight excluding hydrogens is 436 g/mol. The Hall–Kier alpha value is -0.960. The minimum absolute atomic E-state index is 0.120. The van der Waals surface area contributed by atoms with Crippen LogP contribution in [0.3, 0.4) is 0 Å². The monoisotopic (exact) mass is 446 g/mol. The zero-order chi connectivity index (χ0) is 16.1. The van der Waals surface area contributed by atoms with Crippen LogP contribution in [0.15, 0.2) is 45.9 Å². The molecule has 0 fully saturated rings. The molecule has 1 aliphatic rings. The zero-order valence-electron chi connectivity index (χ0n) is 11.4. The van der Waals surface area contributed by atoms with Crippen LogP contribution in [0, 0.1) is 6.92 Å². The number of fused-ring (bicyclic) bond motifs is 1. The Morgan fingerprint density at radius 3 is 2.55 bits per heavy atom. The molecule has 2 aromatic rings. The second-order valence-corrected chi connectivity index (χ2v) is 8.71. The van der Waals surface area contributed by atoms with Gasteiger partial charge in [-0.15, -0.1) is 0 Å². The van der Waals surface area contributed by atoms with Crippen LogP contribution < -0.4 is 4.31 Å². The first-order chi connectivity index (χ1) is 10.3. The lowest BCUT2D eigenvalue weighted by atomic mass is 10.2. The van der Waals surface area contributed by atoms with Crippen LogP contribution in [-0.4, -0.2) is 24.7 Å². The maximum absolute atomic E-state index is 12.8. The summed E-state index contributed by atoms with van der Waals surface area (Å²) in [5.74, 6) is 0.234. The Labute approximate surface area is 145 Å². The number of rotatable bonds is 2. The van der Waals surface area contributed by atoms with Gasteiger partial charge in [-0.25, -0.2) is 17.7 Å². The first-order valence-electron chi connectivity index (χ1n) is 6.41. The topological polar surface area (TPSA) is 70.5 Å². The molecule has 3 rings (SSSR count). The SMILES string of the molecule is Cc1ccc(S(=O)(=O)N2c3ncc(Br)cc3[C@H](Br)[C@H]2O)cc1. The Kier molecular flexibility index (Phi) is 4.05. The highest BCUT2D eigenvalue weighted by Crippen LogP contribution is 2.45. The van der Waals surface area contributed by atoms with E-state index in [2.05, 4.69) is 36.8 Å². The number of anilines is 1. The first kappa shape index (κ1) is 15.9. The van der Waals surface area contributed by atoms with Crippen LogP contribution in [-0.2, 0) is 10.0 Å². The van der Waals surface area contributed by atoms with E-state index in [0.29, 0.717) is 5.56 Å². The number of nitrogens with zero attached hydrogens (tertiary/aromatic N) is 2. The molecule has 1 N–H and O–H groups in total.